The molecule has 0 amide bonds. The van der Waals surface area contributed by atoms with Crippen LogP contribution in [0.15, 0.2) is 66.7 Å². The van der Waals surface area contributed by atoms with Crippen molar-refractivity contribution in [2.24, 2.45) is 0 Å². The lowest BCUT2D eigenvalue weighted by Crippen LogP contribution is -2.11. The Bertz CT molecular complexity index is 1150. The van der Waals surface area contributed by atoms with Crippen molar-refractivity contribution in [3.05, 3.63) is 94.5 Å². The van der Waals surface area contributed by atoms with Gasteiger partial charge in [0.1, 0.15) is 5.75 Å². The molecule has 3 aromatic rings. The Morgan fingerprint density at radius 2 is 1.70 bits per heavy atom. The van der Waals surface area contributed by atoms with Crippen LogP contribution in [0.5, 0.6) is 5.75 Å². The Morgan fingerprint density at radius 3 is 2.50 bits per heavy atom. The summed E-state index contributed by atoms with van der Waals surface area (Å²) in [5.74, 6) is 1.13. The van der Waals surface area contributed by atoms with Crippen LogP contribution in [0.25, 0.3) is 0 Å². The van der Waals surface area contributed by atoms with Crippen molar-refractivity contribution in [1.82, 2.24) is 0 Å². The summed E-state index contributed by atoms with van der Waals surface area (Å²) in [6, 6.07) is 22.8. The summed E-state index contributed by atoms with van der Waals surface area (Å²) in [4.78, 5) is 0. The molecule has 1 aliphatic rings. The van der Waals surface area contributed by atoms with Crippen LogP contribution in [-0.2, 0) is 29.3 Å². The predicted molar refractivity (Wildman–Crippen MR) is 122 cm³/mol. The van der Waals surface area contributed by atoms with E-state index in [0.717, 1.165) is 30.6 Å². The topological polar surface area (TPSA) is 55.4 Å². The normalized spacial score (nSPS) is 15.6. The minimum Gasteiger partial charge on any atom is -0.494 e. The Labute approximate surface area is 179 Å². The van der Waals surface area contributed by atoms with Crippen LogP contribution in [0.1, 0.15) is 40.7 Å². The van der Waals surface area contributed by atoms with Crippen LogP contribution < -0.4 is 9.46 Å². The Hall–Kier alpha value is -2.79. The molecule has 0 saturated heterocycles. The highest BCUT2D eigenvalue weighted by atomic mass is 32.2. The van der Waals surface area contributed by atoms with Crippen LogP contribution in [0.2, 0.25) is 0 Å². The van der Waals surface area contributed by atoms with Crippen molar-refractivity contribution in [3.8, 4) is 5.75 Å². The van der Waals surface area contributed by atoms with E-state index in [2.05, 4.69) is 53.3 Å². The number of hydrogen-bond donors (Lipinski definition) is 1. The number of rotatable bonds is 6. The van der Waals surface area contributed by atoms with Crippen molar-refractivity contribution in [1.29, 1.82) is 0 Å². The van der Waals surface area contributed by atoms with E-state index >= 15 is 0 Å². The van der Waals surface area contributed by atoms with Gasteiger partial charge in [-0.25, -0.2) is 8.42 Å². The lowest BCUT2D eigenvalue weighted by molar-refractivity contribution is 0.339. The zero-order chi connectivity index (χ0) is 21.1. The van der Waals surface area contributed by atoms with Crippen LogP contribution in [0, 0.1) is 0 Å². The van der Waals surface area contributed by atoms with Gasteiger partial charge in [-0.1, -0.05) is 42.5 Å². The van der Waals surface area contributed by atoms with Gasteiger partial charge >= 0.3 is 0 Å². The number of sulfonamides is 1. The molecule has 0 heterocycles. The summed E-state index contributed by atoms with van der Waals surface area (Å²) in [6.45, 7) is 2.66. The molecule has 0 saturated carbocycles. The average molecular weight is 422 g/mol. The molecular formula is C25H27NO3S. The highest BCUT2D eigenvalue weighted by molar-refractivity contribution is 7.92. The lowest BCUT2D eigenvalue weighted by atomic mass is 9.83. The second-order valence-corrected chi connectivity index (χ2v) is 9.57. The number of fused-ring (bicyclic) bond motifs is 2. The maximum atomic E-state index is 11.6. The van der Waals surface area contributed by atoms with Gasteiger partial charge in [-0.15, -0.1) is 0 Å². The molecule has 3 aromatic carbocycles. The molecule has 0 radical (unpaired) electrons. The van der Waals surface area contributed by atoms with E-state index in [0.29, 0.717) is 12.3 Å². The number of aryl methyl sites for hydroxylation is 2. The lowest BCUT2D eigenvalue weighted by Gasteiger charge is -2.21. The number of benzene rings is 3. The molecule has 0 fully saturated rings. The van der Waals surface area contributed by atoms with Crippen LogP contribution >= 0.6 is 0 Å². The third-order valence-electron chi connectivity index (χ3n) is 5.57. The van der Waals surface area contributed by atoms with Gasteiger partial charge in [0.2, 0.25) is 10.0 Å². The fourth-order valence-corrected chi connectivity index (χ4v) is 4.92. The summed E-state index contributed by atoms with van der Waals surface area (Å²) in [5, 5.41) is 0. The molecule has 4 rings (SSSR count). The maximum absolute atomic E-state index is 11.6. The quantitative estimate of drug-likeness (QED) is 0.614. The Balaban J connectivity index is 1.74. The minimum atomic E-state index is -3.30. The Kier molecular flexibility index (Phi) is 5.82. The van der Waals surface area contributed by atoms with E-state index in [9.17, 15) is 8.42 Å². The van der Waals surface area contributed by atoms with Gasteiger partial charge in [-0.3, -0.25) is 4.72 Å². The third kappa shape index (κ3) is 4.68. The summed E-state index contributed by atoms with van der Waals surface area (Å²) in [6.07, 6.45) is 3.97. The third-order valence-corrected chi connectivity index (χ3v) is 6.17. The highest BCUT2D eigenvalue weighted by Crippen LogP contribution is 2.38. The largest absolute Gasteiger partial charge is 0.494 e. The van der Waals surface area contributed by atoms with Gasteiger partial charge in [-0.05, 0) is 78.3 Å². The highest BCUT2D eigenvalue weighted by Gasteiger charge is 2.24. The molecule has 0 spiro atoms. The van der Waals surface area contributed by atoms with Crippen molar-refractivity contribution in [3.63, 3.8) is 0 Å². The molecular weight excluding hydrogens is 394 g/mol. The summed E-state index contributed by atoms with van der Waals surface area (Å²) in [5.41, 5.74) is 7.08. The monoisotopic (exact) mass is 421 g/mol. The van der Waals surface area contributed by atoms with E-state index in [1.54, 1.807) is 6.07 Å². The first-order valence-corrected chi connectivity index (χ1v) is 12.2. The molecule has 156 valence electrons. The Morgan fingerprint density at radius 1 is 0.933 bits per heavy atom. The summed E-state index contributed by atoms with van der Waals surface area (Å²) < 4.78 is 31.6. The van der Waals surface area contributed by atoms with Crippen LogP contribution in [0.3, 0.4) is 0 Å². The molecule has 5 heteroatoms. The number of anilines is 1. The van der Waals surface area contributed by atoms with Gasteiger partial charge in [0, 0.05) is 11.6 Å². The van der Waals surface area contributed by atoms with Gasteiger partial charge in [-0.2, -0.15) is 0 Å². The van der Waals surface area contributed by atoms with Crippen LogP contribution in [-0.4, -0.2) is 21.3 Å². The van der Waals surface area contributed by atoms with E-state index in [-0.39, 0.29) is 5.92 Å². The molecule has 1 aliphatic carbocycles. The van der Waals surface area contributed by atoms with E-state index in [4.69, 9.17) is 4.74 Å². The number of nitrogens with one attached hydrogen (secondary N) is 1. The van der Waals surface area contributed by atoms with E-state index in [1.807, 2.05) is 19.1 Å². The predicted octanol–water partition coefficient (Wildman–Crippen LogP) is 4.93. The first-order valence-electron chi connectivity index (χ1n) is 10.3. The summed E-state index contributed by atoms with van der Waals surface area (Å²) >= 11 is 0. The van der Waals surface area contributed by atoms with Gasteiger partial charge < -0.3 is 4.74 Å². The van der Waals surface area contributed by atoms with Crippen LogP contribution in [0.4, 0.5) is 5.69 Å². The first-order chi connectivity index (χ1) is 14.4. The fraction of sp³-hybridized carbons (Fsp3) is 0.280. The zero-order valence-electron chi connectivity index (χ0n) is 17.4. The molecule has 0 aromatic heterocycles. The number of hydrogen-bond acceptors (Lipinski definition) is 3. The smallest absolute Gasteiger partial charge is 0.229 e. The van der Waals surface area contributed by atoms with E-state index < -0.39 is 10.0 Å². The summed E-state index contributed by atoms with van der Waals surface area (Å²) in [7, 11) is -3.30. The van der Waals surface area contributed by atoms with Gasteiger partial charge in [0.15, 0.2) is 0 Å². The van der Waals surface area contributed by atoms with Gasteiger partial charge in [0.25, 0.3) is 0 Å². The zero-order valence-corrected chi connectivity index (χ0v) is 18.2. The molecule has 0 aliphatic heterocycles. The molecule has 1 atom stereocenters. The van der Waals surface area contributed by atoms with Crippen molar-refractivity contribution >= 4 is 15.7 Å². The average Bonchev–Trinajstić information content (AvgIpc) is 2.85. The minimum absolute atomic E-state index is 0.211. The first kappa shape index (κ1) is 20.5. The molecule has 4 nitrogen and oxygen atoms in total. The van der Waals surface area contributed by atoms with E-state index in [1.165, 1.54) is 28.5 Å². The second kappa shape index (κ2) is 8.52. The molecule has 1 N–H and O–H groups in total. The van der Waals surface area contributed by atoms with Crippen molar-refractivity contribution in [2.45, 2.75) is 32.1 Å². The fourth-order valence-electron chi connectivity index (χ4n) is 4.37. The SMILES string of the molecule is CCOc1ccc2c(c1)CCc1ccccc1C2Cc1cccc(NS(C)(=O)=O)c1. The van der Waals surface area contributed by atoms with Crippen molar-refractivity contribution < 1.29 is 13.2 Å². The van der Waals surface area contributed by atoms with Gasteiger partial charge in [0.05, 0.1) is 12.9 Å². The van der Waals surface area contributed by atoms with Crippen molar-refractivity contribution in [2.75, 3.05) is 17.6 Å². The molecule has 0 bridgehead atoms. The standard InChI is InChI=1S/C25H27NO3S/c1-3-29-22-13-14-24-20(17-22)12-11-19-8-4-5-10-23(19)25(24)16-18-7-6-9-21(15-18)26-30(2,27)28/h4-10,13-15,17,25-26H,3,11-12,16H2,1-2H3. The molecule has 1 unspecified atom stereocenters. The second-order valence-electron chi connectivity index (χ2n) is 7.82. The number of ether oxygens (including phenoxy) is 1. The maximum Gasteiger partial charge on any atom is 0.229 e. The molecule has 30 heavy (non-hydrogen) atoms.